The quantitative estimate of drug-likeness (QED) is 0.797. The van der Waals surface area contributed by atoms with E-state index in [9.17, 15) is 14.4 Å². The molecule has 3 amide bonds. The highest BCUT2D eigenvalue weighted by molar-refractivity contribution is 6.32. The van der Waals surface area contributed by atoms with Crippen molar-refractivity contribution in [1.82, 2.24) is 4.90 Å². The average Bonchev–Trinajstić information content (AvgIpc) is 3.01. The number of rotatable bonds is 4. The highest BCUT2D eigenvalue weighted by atomic mass is 35.5. The van der Waals surface area contributed by atoms with Crippen molar-refractivity contribution in [3.63, 3.8) is 0 Å². The molecule has 28 heavy (non-hydrogen) atoms. The van der Waals surface area contributed by atoms with Gasteiger partial charge in [0.05, 0.1) is 11.6 Å². The second-order valence-electron chi connectivity index (χ2n) is 6.51. The number of halogens is 1. The number of carbonyl (C=O) groups is 3. The van der Waals surface area contributed by atoms with Gasteiger partial charge in [0.1, 0.15) is 13.2 Å². The van der Waals surface area contributed by atoms with Gasteiger partial charge in [0.25, 0.3) is 5.91 Å². The Morgan fingerprint density at radius 2 is 1.71 bits per heavy atom. The average molecular weight is 401 g/mol. The summed E-state index contributed by atoms with van der Waals surface area (Å²) in [5.74, 6) is 0.242. The van der Waals surface area contributed by atoms with Crippen LogP contribution < -0.4 is 14.8 Å². The molecule has 0 unspecified atom stereocenters. The third-order valence-electron chi connectivity index (χ3n) is 4.57. The molecule has 1 saturated heterocycles. The number of anilines is 1. The van der Waals surface area contributed by atoms with Crippen LogP contribution in [0.5, 0.6) is 11.5 Å². The minimum absolute atomic E-state index is 0.155. The van der Waals surface area contributed by atoms with Crippen LogP contribution in [-0.2, 0) is 16.1 Å². The van der Waals surface area contributed by atoms with Gasteiger partial charge < -0.3 is 14.8 Å². The first kappa shape index (κ1) is 18.3. The first-order valence-electron chi connectivity index (χ1n) is 8.84. The van der Waals surface area contributed by atoms with E-state index >= 15 is 0 Å². The number of ether oxygens (including phenoxy) is 2. The van der Waals surface area contributed by atoms with E-state index in [1.807, 2.05) is 0 Å². The standard InChI is InChI=1S/C20H17ClN2O5/c21-15-9-13(10-16-19(15)28-8-7-27-16)20(26)22-14-3-1-12(2-4-14)11-23-17(24)5-6-18(23)25/h1-4,9-10H,5-8,11H2,(H,22,26). The van der Waals surface area contributed by atoms with E-state index < -0.39 is 0 Å². The number of nitrogens with zero attached hydrogens (tertiary/aromatic N) is 1. The number of hydrogen-bond acceptors (Lipinski definition) is 5. The second kappa shape index (κ2) is 7.52. The van der Waals surface area contributed by atoms with Gasteiger partial charge in [-0.05, 0) is 29.8 Å². The highest BCUT2D eigenvalue weighted by Gasteiger charge is 2.28. The summed E-state index contributed by atoms with van der Waals surface area (Å²) in [5, 5.41) is 3.11. The van der Waals surface area contributed by atoms with Gasteiger partial charge in [0, 0.05) is 24.1 Å². The summed E-state index contributed by atoms with van der Waals surface area (Å²) in [6.07, 6.45) is 0.538. The van der Waals surface area contributed by atoms with Crippen molar-refractivity contribution in [2.75, 3.05) is 18.5 Å². The van der Waals surface area contributed by atoms with Crippen LogP contribution in [0.4, 0.5) is 5.69 Å². The third kappa shape index (κ3) is 3.66. The Morgan fingerprint density at radius 3 is 2.43 bits per heavy atom. The fraction of sp³-hybridized carbons (Fsp3) is 0.250. The van der Waals surface area contributed by atoms with Gasteiger partial charge in [0.2, 0.25) is 11.8 Å². The lowest BCUT2D eigenvalue weighted by Crippen LogP contribution is -2.28. The number of hydrogen-bond donors (Lipinski definition) is 1. The van der Waals surface area contributed by atoms with Gasteiger partial charge in [-0.25, -0.2) is 0 Å². The molecular weight excluding hydrogens is 384 g/mol. The Bertz CT molecular complexity index is 942. The number of imide groups is 1. The molecule has 2 aromatic rings. The lowest BCUT2D eigenvalue weighted by molar-refractivity contribution is -0.139. The molecule has 0 aliphatic carbocycles. The molecule has 0 bridgehead atoms. The maximum Gasteiger partial charge on any atom is 0.255 e. The van der Waals surface area contributed by atoms with Crippen molar-refractivity contribution in [2.24, 2.45) is 0 Å². The summed E-state index contributed by atoms with van der Waals surface area (Å²) < 4.78 is 10.9. The normalized spacial score (nSPS) is 15.7. The van der Waals surface area contributed by atoms with Crippen molar-refractivity contribution in [2.45, 2.75) is 19.4 Å². The molecule has 1 N–H and O–H groups in total. The van der Waals surface area contributed by atoms with Crippen LogP contribution in [0.2, 0.25) is 5.02 Å². The summed E-state index contributed by atoms with van der Waals surface area (Å²) in [6.45, 7) is 1.06. The Kier molecular flexibility index (Phi) is 4.92. The zero-order valence-corrected chi connectivity index (χ0v) is 15.6. The Morgan fingerprint density at radius 1 is 1.04 bits per heavy atom. The van der Waals surface area contributed by atoms with Gasteiger partial charge in [0.15, 0.2) is 11.5 Å². The predicted octanol–water partition coefficient (Wildman–Crippen LogP) is 3.01. The smallest absolute Gasteiger partial charge is 0.255 e. The zero-order valence-electron chi connectivity index (χ0n) is 14.9. The van der Waals surface area contributed by atoms with E-state index in [0.717, 1.165) is 5.56 Å². The van der Waals surface area contributed by atoms with Crippen LogP contribution in [0.25, 0.3) is 0 Å². The van der Waals surface area contributed by atoms with Crippen molar-refractivity contribution in [1.29, 1.82) is 0 Å². The number of benzene rings is 2. The fourth-order valence-electron chi connectivity index (χ4n) is 3.12. The molecule has 2 heterocycles. The van der Waals surface area contributed by atoms with Gasteiger partial charge >= 0.3 is 0 Å². The van der Waals surface area contributed by atoms with Gasteiger partial charge in [-0.1, -0.05) is 23.7 Å². The summed E-state index contributed by atoms with van der Waals surface area (Å²) >= 11 is 6.18. The fourth-order valence-corrected chi connectivity index (χ4v) is 3.39. The number of fused-ring (bicyclic) bond motifs is 1. The SMILES string of the molecule is O=C(Nc1ccc(CN2C(=O)CCC2=O)cc1)c1cc(Cl)c2c(c1)OCCO2. The molecule has 4 rings (SSSR count). The number of carbonyl (C=O) groups excluding carboxylic acids is 3. The topological polar surface area (TPSA) is 84.9 Å². The zero-order chi connectivity index (χ0) is 19.7. The molecule has 2 aliphatic rings. The van der Waals surface area contributed by atoms with E-state index in [1.54, 1.807) is 30.3 Å². The van der Waals surface area contributed by atoms with Crippen LogP contribution in [0.15, 0.2) is 36.4 Å². The summed E-state index contributed by atoms with van der Waals surface area (Å²) in [7, 11) is 0. The van der Waals surface area contributed by atoms with E-state index in [0.29, 0.717) is 41.0 Å². The Hall–Kier alpha value is -3.06. The third-order valence-corrected chi connectivity index (χ3v) is 4.85. The molecule has 2 aliphatic heterocycles. The van der Waals surface area contributed by atoms with Crippen LogP contribution in [0, 0.1) is 0 Å². The molecule has 0 radical (unpaired) electrons. The lowest BCUT2D eigenvalue weighted by Gasteiger charge is -2.20. The minimum Gasteiger partial charge on any atom is -0.486 e. The summed E-state index contributed by atoms with van der Waals surface area (Å²) in [4.78, 5) is 37.2. The van der Waals surface area contributed by atoms with E-state index in [-0.39, 0.29) is 37.1 Å². The largest absolute Gasteiger partial charge is 0.486 e. The maximum atomic E-state index is 12.5. The van der Waals surface area contributed by atoms with Crippen LogP contribution in [0.1, 0.15) is 28.8 Å². The van der Waals surface area contributed by atoms with Crippen molar-refractivity contribution >= 4 is 35.0 Å². The van der Waals surface area contributed by atoms with Crippen LogP contribution in [0.3, 0.4) is 0 Å². The summed E-state index contributed by atoms with van der Waals surface area (Å²) in [6, 6.07) is 10.1. The van der Waals surface area contributed by atoms with Crippen molar-refractivity contribution < 1.29 is 23.9 Å². The highest BCUT2D eigenvalue weighted by Crippen LogP contribution is 2.38. The second-order valence-corrected chi connectivity index (χ2v) is 6.91. The van der Waals surface area contributed by atoms with Crippen LogP contribution >= 0.6 is 11.6 Å². The molecule has 0 atom stereocenters. The van der Waals surface area contributed by atoms with E-state index in [1.165, 1.54) is 11.0 Å². The molecular formula is C20H17ClN2O5. The van der Waals surface area contributed by atoms with E-state index in [2.05, 4.69) is 5.32 Å². The Balaban J connectivity index is 1.44. The van der Waals surface area contributed by atoms with Crippen molar-refractivity contribution in [3.05, 3.63) is 52.5 Å². The van der Waals surface area contributed by atoms with Gasteiger partial charge in [-0.3, -0.25) is 19.3 Å². The maximum absolute atomic E-state index is 12.5. The minimum atomic E-state index is -0.337. The lowest BCUT2D eigenvalue weighted by atomic mass is 10.1. The molecule has 8 heteroatoms. The molecule has 0 spiro atoms. The molecule has 1 fully saturated rings. The number of nitrogens with one attached hydrogen (secondary N) is 1. The van der Waals surface area contributed by atoms with E-state index in [4.69, 9.17) is 21.1 Å². The predicted molar refractivity (Wildman–Crippen MR) is 102 cm³/mol. The Labute approximate surface area is 166 Å². The first-order valence-corrected chi connectivity index (χ1v) is 9.22. The number of amides is 3. The summed E-state index contributed by atoms with van der Waals surface area (Å²) in [5.41, 5.74) is 1.74. The molecule has 0 saturated carbocycles. The molecule has 7 nitrogen and oxygen atoms in total. The molecule has 144 valence electrons. The monoisotopic (exact) mass is 400 g/mol. The van der Waals surface area contributed by atoms with Crippen LogP contribution in [-0.4, -0.2) is 35.8 Å². The number of likely N-dealkylation sites (tertiary alicyclic amines) is 1. The first-order chi connectivity index (χ1) is 13.5. The molecule has 0 aromatic heterocycles. The van der Waals surface area contributed by atoms with Gasteiger partial charge in [-0.15, -0.1) is 0 Å². The van der Waals surface area contributed by atoms with Crippen molar-refractivity contribution in [3.8, 4) is 11.5 Å². The van der Waals surface area contributed by atoms with Gasteiger partial charge in [-0.2, -0.15) is 0 Å². The molecule has 2 aromatic carbocycles.